The second kappa shape index (κ2) is 8.06. The zero-order chi connectivity index (χ0) is 14.2. The summed E-state index contributed by atoms with van der Waals surface area (Å²) in [6.07, 6.45) is -0.554. The molecule has 18 heavy (non-hydrogen) atoms. The fourth-order valence-electron chi connectivity index (χ4n) is 0.899. The molecule has 1 atom stereocenters. The van der Waals surface area contributed by atoms with Crippen LogP contribution in [-0.2, 0) is 14.4 Å². The van der Waals surface area contributed by atoms with Crippen LogP contribution < -0.4 is 11.2 Å². The van der Waals surface area contributed by atoms with E-state index in [1.807, 2.05) is 0 Å². The molecule has 106 valence electrons. The number of rotatable bonds is 8. The normalized spacial score (nSPS) is 12.9. The number of nitrogens with one attached hydrogen (secondary N) is 1. The van der Waals surface area contributed by atoms with Gasteiger partial charge in [0.1, 0.15) is 6.04 Å². The van der Waals surface area contributed by atoms with E-state index in [-0.39, 0.29) is 13.0 Å². The van der Waals surface area contributed by atoms with E-state index in [1.54, 1.807) is 0 Å². The van der Waals surface area contributed by atoms with E-state index in [1.165, 1.54) is 0 Å². The molecule has 8 heteroatoms. The molecule has 0 rings (SSSR count). The number of carbonyl (C=O) groups excluding carboxylic acids is 1. The predicted octanol–water partition coefficient (Wildman–Crippen LogP) is 0.784. The molecule has 0 radical (unpaired) electrons. The van der Waals surface area contributed by atoms with Crippen LogP contribution in [0.3, 0.4) is 0 Å². The third kappa shape index (κ3) is 10.1. The third-order valence-electron chi connectivity index (χ3n) is 2.09. The van der Waals surface area contributed by atoms with Gasteiger partial charge in [-0.1, -0.05) is 19.6 Å². The molecule has 0 aromatic rings. The van der Waals surface area contributed by atoms with Crippen LogP contribution in [0, 0.1) is 0 Å². The maximum atomic E-state index is 11.1. The highest BCUT2D eigenvalue weighted by molar-refractivity contribution is 6.76. The van der Waals surface area contributed by atoms with Crippen LogP contribution >= 0.6 is 0 Å². The summed E-state index contributed by atoms with van der Waals surface area (Å²) in [5.41, 5.74) is 7.31. The fraction of sp³-hybridized carbons (Fsp3) is 0.800. The molecule has 0 spiro atoms. The van der Waals surface area contributed by atoms with Crippen LogP contribution in [0.5, 0.6) is 0 Å². The topological polar surface area (TPSA) is 111 Å². The largest absolute Gasteiger partial charge is 0.480 e. The molecule has 0 saturated heterocycles. The summed E-state index contributed by atoms with van der Waals surface area (Å²) in [6.45, 7) is 6.92. The summed E-state index contributed by atoms with van der Waals surface area (Å²) in [5, 5.41) is 8.49. The first-order valence-corrected chi connectivity index (χ1v) is 9.46. The minimum atomic E-state index is -1.22. The maximum absolute atomic E-state index is 11.1. The summed E-state index contributed by atoms with van der Waals surface area (Å²) in [5.74, 6) is -1.10. The number of nitrogens with two attached hydrogens (primary N) is 1. The SMILES string of the molecule is C[Si](C)(C)CCOC(=O)NOCCC(N)C(=O)O. The molecule has 7 nitrogen and oxygen atoms in total. The average molecular weight is 278 g/mol. The minimum Gasteiger partial charge on any atom is -0.480 e. The molecular weight excluding hydrogens is 256 g/mol. The van der Waals surface area contributed by atoms with Gasteiger partial charge in [-0.25, -0.2) is 4.79 Å². The Kier molecular flexibility index (Phi) is 7.56. The molecule has 0 heterocycles. The van der Waals surface area contributed by atoms with Crippen molar-refractivity contribution in [1.82, 2.24) is 5.48 Å². The number of carboxylic acid groups (broad SMARTS) is 1. The number of amides is 1. The molecule has 0 fully saturated rings. The summed E-state index contributed by atoms with van der Waals surface area (Å²) in [7, 11) is -1.22. The predicted molar refractivity (Wildman–Crippen MR) is 68.8 cm³/mol. The number of hydroxylamine groups is 1. The minimum absolute atomic E-state index is 0.0244. The first kappa shape index (κ1) is 16.9. The van der Waals surface area contributed by atoms with Gasteiger partial charge < -0.3 is 15.6 Å². The second-order valence-electron chi connectivity index (χ2n) is 5.13. The van der Waals surface area contributed by atoms with Gasteiger partial charge in [0.25, 0.3) is 0 Å². The highest BCUT2D eigenvalue weighted by atomic mass is 28.3. The Morgan fingerprint density at radius 1 is 1.33 bits per heavy atom. The van der Waals surface area contributed by atoms with E-state index < -0.39 is 26.2 Å². The number of carboxylic acids is 1. The van der Waals surface area contributed by atoms with Crippen molar-refractivity contribution in [2.75, 3.05) is 13.2 Å². The van der Waals surface area contributed by atoms with E-state index >= 15 is 0 Å². The second-order valence-corrected chi connectivity index (χ2v) is 10.8. The van der Waals surface area contributed by atoms with E-state index in [2.05, 4.69) is 25.1 Å². The molecule has 0 aliphatic heterocycles. The monoisotopic (exact) mass is 278 g/mol. The zero-order valence-corrected chi connectivity index (χ0v) is 12.1. The molecular formula is C10H22N2O5Si. The lowest BCUT2D eigenvalue weighted by Crippen LogP contribution is -2.33. The van der Waals surface area contributed by atoms with Crippen molar-refractivity contribution in [2.24, 2.45) is 5.73 Å². The Balaban J connectivity index is 3.52. The Hall–Kier alpha value is -1.12. The van der Waals surface area contributed by atoms with Crippen LogP contribution in [-0.4, -0.2) is 44.5 Å². The molecule has 0 aliphatic carbocycles. The highest BCUT2D eigenvalue weighted by Gasteiger charge is 2.14. The number of ether oxygens (including phenoxy) is 1. The van der Waals surface area contributed by atoms with Crippen molar-refractivity contribution in [3.05, 3.63) is 0 Å². The standard InChI is InChI=1S/C10H22N2O5Si/c1-18(2,3)7-6-16-10(15)12-17-5-4-8(11)9(13)14/h8H,4-7,11H2,1-3H3,(H,12,15)(H,13,14). The Morgan fingerprint density at radius 3 is 2.44 bits per heavy atom. The van der Waals surface area contributed by atoms with Gasteiger partial charge in [0.2, 0.25) is 0 Å². The van der Waals surface area contributed by atoms with Crippen molar-refractivity contribution < 1.29 is 24.3 Å². The smallest absolute Gasteiger partial charge is 0.431 e. The summed E-state index contributed by atoms with van der Waals surface area (Å²) in [6, 6.07) is -0.112. The van der Waals surface area contributed by atoms with Gasteiger partial charge in [0, 0.05) is 8.07 Å². The number of aliphatic carboxylic acids is 1. The Bertz CT molecular complexity index is 280. The molecule has 0 bridgehead atoms. The van der Waals surface area contributed by atoms with Gasteiger partial charge in [-0.2, -0.15) is 5.48 Å². The summed E-state index contributed by atoms with van der Waals surface area (Å²) >= 11 is 0. The molecule has 0 aromatic carbocycles. The van der Waals surface area contributed by atoms with Crippen molar-refractivity contribution in [3.8, 4) is 0 Å². The quantitative estimate of drug-likeness (QED) is 0.344. The first-order valence-electron chi connectivity index (χ1n) is 5.75. The van der Waals surface area contributed by atoms with Gasteiger partial charge in [-0.05, 0) is 12.5 Å². The van der Waals surface area contributed by atoms with Crippen LogP contribution in [0.2, 0.25) is 25.7 Å². The van der Waals surface area contributed by atoms with E-state index in [0.717, 1.165) is 6.04 Å². The first-order chi connectivity index (χ1) is 8.22. The van der Waals surface area contributed by atoms with Crippen molar-refractivity contribution in [3.63, 3.8) is 0 Å². The molecule has 4 N–H and O–H groups in total. The lowest BCUT2D eigenvalue weighted by molar-refractivity contribution is -0.139. The van der Waals surface area contributed by atoms with Crippen LogP contribution in [0.4, 0.5) is 4.79 Å². The van der Waals surface area contributed by atoms with Gasteiger partial charge in [0.05, 0.1) is 13.2 Å². The van der Waals surface area contributed by atoms with Crippen LogP contribution in [0.1, 0.15) is 6.42 Å². The molecule has 0 aliphatic rings. The highest BCUT2D eigenvalue weighted by Crippen LogP contribution is 2.07. The maximum Gasteiger partial charge on any atom is 0.431 e. The zero-order valence-electron chi connectivity index (χ0n) is 11.1. The molecule has 1 amide bonds. The van der Waals surface area contributed by atoms with Gasteiger partial charge in [0.15, 0.2) is 0 Å². The number of carbonyl (C=O) groups is 2. The summed E-state index contributed by atoms with van der Waals surface area (Å²) < 4.78 is 4.88. The third-order valence-corrected chi connectivity index (χ3v) is 3.79. The Morgan fingerprint density at radius 2 is 1.94 bits per heavy atom. The molecule has 0 aromatic heterocycles. The van der Waals surface area contributed by atoms with Gasteiger partial charge in [-0.15, -0.1) is 0 Å². The molecule has 1 unspecified atom stereocenters. The van der Waals surface area contributed by atoms with Crippen molar-refractivity contribution >= 4 is 20.1 Å². The van der Waals surface area contributed by atoms with Crippen LogP contribution in [0.15, 0.2) is 0 Å². The van der Waals surface area contributed by atoms with E-state index in [9.17, 15) is 9.59 Å². The molecule has 0 saturated carbocycles. The summed E-state index contributed by atoms with van der Waals surface area (Å²) in [4.78, 5) is 26.2. The van der Waals surface area contributed by atoms with Crippen LogP contribution in [0.25, 0.3) is 0 Å². The Labute approximate surface area is 108 Å². The van der Waals surface area contributed by atoms with Crippen molar-refractivity contribution in [1.29, 1.82) is 0 Å². The lowest BCUT2D eigenvalue weighted by Gasteiger charge is -2.15. The van der Waals surface area contributed by atoms with E-state index in [0.29, 0.717) is 6.61 Å². The number of hydrogen-bond acceptors (Lipinski definition) is 5. The number of hydrogen-bond donors (Lipinski definition) is 3. The van der Waals surface area contributed by atoms with Gasteiger partial charge >= 0.3 is 12.1 Å². The lowest BCUT2D eigenvalue weighted by atomic mass is 10.2. The van der Waals surface area contributed by atoms with Crippen molar-refractivity contribution in [2.45, 2.75) is 38.1 Å². The van der Waals surface area contributed by atoms with E-state index in [4.69, 9.17) is 20.4 Å². The van der Waals surface area contributed by atoms with Gasteiger partial charge in [-0.3, -0.25) is 9.63 Å². The fourth-order valence-corrected chi connectivity index (χ4v) is 1.61. The average Bonchev–Trinajstić information content (AvgIpc) is 2.22.